The molecule has 1 saturated heterocycles. The third-order valence-corrected chi connectivity index (χ3v) is 7.33. The van der Waals surface area contributed by atoms with Gasteiger partial charge in [-0.1, -0.05) is 12.1 Å². The van der Waals surface area contributed by atoms with Gasteiger partial charge in [0, 0.05) is 44.5 Å². The van der Waals surface area contributed by atoms with Gasteiger partial charge in [-0.15, -0.1) is 0 Å². The summed E-state index contributed by atoms with van der Waals surface area (Å²) in [6.07, 6.45) is 1.16. The van der Waals surface area contributed by atoms with Crippen molar-refractivity contribution in [3.05, 3.63) is 94.3 Å². The number of benzene rings is 1. The summed E-state index contributed by atoms with van der Waals surface area (Å²) >= 11 is 0. The second-order valence-corrected chi connectivity index (χ2v) is 9.69. The van der Waals surface area contributed by atoms with E-state index < -0.39 is 41.1 Å². The maximum atomic E-state index is 14.5. The molecule has 2 aromatic heterocycles. The van der Waals surface area contributed by atoms with E-state index in [1.54, 1.807) is 12.3 Å². The number of carbonyl (C=O) groups is 1. The van der Waals surface area contributed by atoms with Crippen molar-refractivity contribution in [2.45, 2.75) is 50.5 Å². The van der Waals surface area contributed by atoms with E-state index in [1.165, 1.54) is 18.3 Å². The maximum Gasteiger partial charge on any atom is 0.271 e. The summed E-state index contributed by atoms with van der Waals surface area (Å²) in [5.74, 6) is -3.82. The Labute approximate surface area is 215 Å². The molecule has 1 spiro atoms. The number of aromatic nitrogens is 2. The minimum absolute atomic E-state index is 0.203. The van der Waals surface area contributed by atoms with Gasteiger partial charge >= 0.3 is 0 Å². The molecule has 5 rings (SSSR count). The van der Waals surface area contributed by atoms with E-state index in [0.717, 1.165) is 35.7 Å². The first kappa shape index (κ1) is 26.2. The maximum absolute atomic E-state index is 14.5. The highest BCUT2D eigenvalue weighted by Crippen LogP contribution is 2.44. The summed E-state index contributed by atoms with van der Waals surface area (Å²) in [6.45, 7) is 3.26. The largest absolute Gasteiger partial charge is 0.365 e. The van der Waals surface area contributed by atoms with Gasteiger partial charge in [-0.3, -0.25) is 14.7 Å². The number of nitrogens with zero attached hydrogens (tertiary/aromatic N) is 3. The number of fused-ring (bicyclic) bond motifs is 2. The van der Waals surface area contributed by atoms with E-state index in [4.69, 9.17) is 4.74 Å². The molecular formula is C27H25F5N4O2. The number of likely N-dealkylation sites (tertiary alicyclic amines) is 1. The Morgan fingerprint density at radius 1 is 1.08 bits per heavy atom. The van der Waals surface area contributed by atoms with E-state index in [0.29, 0.717) is 45.1 Å². The molecule has 1 aromatic carbocycles. The summed E-state index contributed by atoms with van der Waals surface area (Å²) in [6, 6.07) is 6.78. The molecule has 6 nitrogen and oxygen atoms in total. The predicted molar refractivity (Wildman–Crippen MR) is 126 cm³/mol. The van der Waals surface area contributed by atoms with Crippen molar-refractivity contribution >= 4 is 5.91 Å². The van der Waals surface area contributed by atoms with Crippen LogP contribution in [-0.4, -0.2) is 40.3 Å². The monoisotopic (exact) mass is 532 g/mol. The van der Waals surface area contributed by atoms with Crippen molar-refractivity contribution in [2.75, 3.05) is 13.1 Å². The summed E-state index contributed by atoms with van der Waals surface area (Å²) in [7, 11) is 0. The van der Waals surface area contributed by atoms with Crippen LogP contribution >= 0.6 is 0 Å². The van der Waals surface area contributed by atoms with Gasteiger partial charge in [0.25, 0.3) is 6.43 Å². The van der Waals surface area contributed by atoms with Crippen LogP contribution in [0.4, 0.5) is 22.0 Å². The Bertz CT molecular complexity index is 1350. The van der Waals surface area contributed by atoms with Crippen LogP contribution in [0.2, 0.25) is 0 Å². The second-order valence-electron chi connectivity index (χ2n) is 9.69. The van der Waals surface area contributed by atoms with Crippen LogP contribution in [0.25, 0.3) is 0 Å². The predicted octanol–water partition coefficient (Wildman–Crippen LogP) is 4.56. The van der Waals surface area contributed by atoms with Gasteiger partial charge in [0.2, 0.25) is 11.9 Å². The molecule has 200 valence electrons. The SMILES string of the molecule is CC(=O)N[C@@](c1ccc(F)c(F)c1)(c1ccc(CN2CCC3(CC2)OCc2cc(F)ncc23)cn1)C(F)F. The number of ether oxygens (including phenoxy) is 1. The fourth-order valence-electron chi connectivity index (χ4n) is 5.38. The molecule has 11 heteroatoms. The summed E-state index contributed by atoms with van der Waals surface area (Å²) in [5.41, 5.74) is -1.00. The van der Waals surface area contributed by atoms with Crippen molar-refractivity contribution in [1.29, 1.82) is 0 Å². The molecule has 0 radical (unpaired) electrons. The van der Waals surface area contributed by atoms with Gasteiger partial charge in [0.05, 0.1) is 17.9 Å². The van der Waals surface area contributed by atoms with Gasteiger partial charge in [-0.25, -0.2) is 22.5 Å². The average molecular weight is 533 g/mol. The topological polar surface area (TPSA) is 67.4 Å². The molecule has 2 aliphatic heterocycles. The van der Waals surface area contributed by atoms with Crippen LogP contribution in [0.3, 0.4) is 0 Å². The Kier molecular flexibility index (Phi) is 6.91. The van der Waals surface area contributed by atoms with Crippen molar-refractivity contribution in [3.8, 4) is 0 Å². The number of hydrogen-bond donors (Lipinski definition) is 1. The van der Waals surface area contributed by atoms with Gasteiger partial charge in [0.15, 0.2) is 17.2 Å². The zero-order valence-electron chi connectivity index (χ0n) is 20.5. The number of rotatable bonds is 6. The molecule has 1 N–H and O–H groups in total. The zero-order chi connectivity index (χ0) is 27.1. The molecular weight excluding hydrogens is 507 g/mol. The Morgan fingerprint density at radius 2 is 1.84 bits per heavy atom. The molecule has 3 aromatic rings. The standard InChI is InChI=1S/C27H25F5N4O2/c1-16(37)35-27(25(31)32,19-3-4-21(28)22(29)11-19)23-5-2-17(12-33-23)14-36-8-6-26(7-9-36)20-13-34-24(30)10-18(20)15-38-26/h2-5,10-13,25H,6-9,14-15H2,1H3,(H,35,37)/t27-/m0/s1. The first-order valence-corrected chi connectivity index (χ1v) is 12.1. The van der Waals surface area contributed by atoms with E-state index >= 15 is 0 Å². The van der Waals surface area contributed by atoms with Gasteiger partial charge in [0.1, 0.15) is 0 Å². The van der Waals surface area contributed by atoms with E-state index in [2.05, 4.69) is 20.2 Å². The number of nitrogens with one attached hydrogen (secondary N) is 1. The first-order valence-electron chi connectivity index (χ1n) is 12.1. The van der Waals surface area contributed by atoms with Crippen molar-refractivity contribution in [2.24, 2.45) is 0 Å². The summed E-state index contributed by atoms with van der Waals surface area (Å²) in [5, 5.41) is 2.22. The third kappa shape index (κ3) is 4.64. The molecule has 1 amide bonds. The molecule has 1 fully saturated rings. The van der Waals surface area contributed by atoms with Crippen LogP contribution < -0.4 is 5.32 Å². The van der Waals surface area contributed by atoms with Crippen LogP contribution in [0.15, 0.2) is 48.8 Å². The molecule has 0 aliphatic carbocycles. The Morgan fingerprint density at radius 3 is 2.47 bits per heavy atom. The number of alkyl halides is 2. The highest BCUT2D eigenvalue weighted by molar-refractivity contribution is 5.75. The third-order valence-electron chi connectivity index (χ3n) is 7.33. The van der Waals surface area contributed by atoms with Crippen molar-refractivity contribution < 1.29 is 31.5 Å². The lowest BCUT2D eigenvalue weighted by atomic mass is 9.84. The molecule has 1 atom stereocenters. The van der Waals surface area contributed by atoms with E-state index in [-0.39, 0.29) is 11.3 Å². The molecule has 4 heterocycles. The van der Waals surface area contributed by atoms with Gasteiger partial charge in [-0.2, -0.15) is 4.39 Å². The quantitative estimate of drug-likeness (QED) is 0.373. The number of amides is 1. The number of halogens is 5. The minimum Gasteiger partial charge on any atom is -0.365 e. The highest BCUT2D eigenvalue weighted by atomic mass is 19.3. The number of carbonyl (C=O) groups excluding carboxylic acids is 1. The van der Waals surface area contributed by atoms with Crippen LogP contribution in [0.5, 0.6) is 0 Å². The summed E-state index contributed by atoms with van der Waals surface area (Å²) in [4.78, 5) is 22.1. The number of hydrogen-bond acceptors (Lipinski definition) is 5. The lowest BCUT2D eigenvalue weighted by Crippen LogP contribution is -2.52. The van der Waals surface area contributed by atoms with Gasteiger partial charge < -0.3 is 10.1 Å². The lowest BCUT2D eigenvalue weighted by Gasteiger charge is -2.39. The molecule has 0 bridgehead atoms. The van der Waals surface area contributed by atoms with Gasteiger partial charge in [-0.05, 0) is 53.8 Å². The van der Waals surface area contributed by atoms with E-state index in [1.807, 2.05) is 0 Å². The average Bonchev–Trinajstić information content (AvgIpc) is 3.23. The molecule has 38 heavy (non-hydrogen) atoms. The van der Waals surface area contributed by atoms with Crippen LogP contribution in [0, 0.1) is 17.6 Å². The van der Waals surface area contributed by atoms with Crippen LogP contribution in [-0.2, 0) is 33.8 Å². The van der Waals surface area contributed by atoms with Crippen molar-refractivity contribution in [3.63, 3.8) is 0 Å². The number of piperidine rings is 1. The highest BCUT2D eigenvalue weighted by Gasteiger charge is 2.47. The molecule has 0 unspecified atom stereocenters. The lowest BCUT2D eigenvalue weighted by molar-refractivity contribution is -0.122. The molecule has 0 saturated carbocycles. The van der Waals surface area contributed by atoms with Crippen molar-refractivity contribution in [1.82, 2.24) is 20.2 Å². The van der Waals surface area contributed by atoms with Crippen LogP contribution in [0.1, 0.15) is 47.7 Å². The fourth-order valence-corrected chi connectivity index (χ4v) is 5.38. The zero-order valence-corrected chi connectivity index (χ0v) is 20.5. The summed E-state index contributed by atoms with van der Waals surface area (Å²) < 4.78 is 76.1. The first-order chi connectivity index (χ1) is 18.1. The second kappa shape index (κ2) is 10.0. The fraction of sp³-hybridized carbons (Fsp3) is 0.370. The molecule has 2 aliphatic rings. The smallest absolute Gasteiger partial charge is 0.271 e. The van der Waals surface area contributed by atoms with E-state index in [9.17, 15) is 26.7 Å². The normalized spacial score (nSPS) is 18.4. The Hall–Kier alpha value is -3.44. The Balaban J connectivity index is 1.34. The number of pyridine rings is 2. The minimum atomic E-state index is -3.20.